The van der Waals surface area contributed by atoms with Crippen LogP contribution >= 0.6 is 22.9 Å². The molecule has 2 N–H and O–H groups in total. The highest BCUT2D eigenvalue weighted by Crippen LogP contribution is 2.44. The summed E-state index contributed by atoms with van der Waals surface area (Å²) in [5, 5.41) is 2.41. The Kier molecular flexibility index (Phi) is 2.64. The fraction of sp³-hybridized carbons (Fsp3) is 0.500. The molecule has 1 aromatic heterocycles. The van der Waals surface area contributed by atoms with Gasteiger partial charge in [0.15, 0.2) is 5.78 Å². The van der Waals surface area contributed by atoms with Gasteiger partial charge >= 0.3 is 0 Å². The summed E-state index contributed by atoms with van der Waals surface area (Å²) in [5.41, 5.74) is 5.37. The van der Waals surface area contributed by atoms with Crippen molar-refractivity contribution < 1.29 is 4.79 Å². The second kappa shape index (κ2) is 3.65. The number of nitrogens with two attached hydrogens (primary N) is 1. The van der Waals surface area contributed by atoms with Gasteiger partial charge in [0.05, 0.1) is 9.90 Å². The summed E-state index contributed by atoms with van der Waals surface area (Å²) in [6, 6.07) is 1.77. The average Bonchev–Trinajstić information content (AvgIpc) is 2.50. The van der Waals surface area contributed by atoms with E-state index in [1.807, 2.05) is 5.38 Å². The Hall–Kier alpha value is -0.380. The molecule has 1 fully saturated rings. The van der Waals surface area contributed by atoms with Crippen LogP contribution in [0.4, 0.5) is 0 Å². The van der Waals surface area contributed by atoms with Crippen LogP contribution < -0.4 is 5.73 Å². The predicted molar refractivity (Wildman–Crippen MR) is 59.0 cm³/mol. The maximum atomic E-state index is 12.1. The molecule has 2 nitrogen and oxygen atoms in total. The molecule has 1 saturated carbocycles. The van der Waals surface area contributed by atoms with Crippen molar-refractivity contribution >= 4 is 28.7 Å². The molecule has 0 bridgehead atoms. The minimum atomic E-state index is -0.297. The summed E-state index contributed by atoms with van der Waals surface area (Å²) < 4.78 is 0. The molecule has 1 aliphatic rings. The van der Waals surface area contributed by atoms with Gasteiger partial charge in [0, 0.05) is 12.0 Å². The van der Waals surface area contributed by atoms with Crippen LogP contribution in [0.5, 0.6) is 0 Å². The Morgan fingerprint density at radius 3 is 2.71 bits per heavy atom. The van der Waals surface area contributed by atoms with E-state index in [1.165, 1.54) is 11.3 Å². The molecular weight excluding hydrogens is 218 g/mol. The number of carbonyl (C=O) groups excluding carboxylic acids is 1. The first kappa shape index (κ1) is 10.1. The first-order valence-corrected chi connectivity index (χ1v) is 5.93. The predicted octanol–water partition coefficient (Wildman–Crippen LogP) is 2.71. The Morgan fingerprint density at radius 2 is 2.36 bits per heavy atom. The quantitative estimate of drug-likeness (QED) is 0.810. The lowest BCUT2D eigenvalue weighted by Crippen LogP contribution is -2.44. The molecule has 4 heteroatoms. The van der Waals surface area contributed by atoms with Crippen molar-refractivity contribution in [3.05, 3.63) is 21.3 Å². The van der Waals surface area contributed by atoms with Crippen LogP contribution in [0.25, 0.3) is 0 Å². The summed E-state index contributed by atoms with van der Waals surface area (Å²) in [5.74, 6) is 0.145. The zero-order chi connectivity index (χ0) is 10.2. The average molecular weight is 230 g/mol. The normalized spacial score (nSPS) is 19.0. The fourth-order valence-electron chi connectivity index (χ4n) is 1.82. The van der Waals surface area contributed by atoms with E-state index in [0.717, 1.165) is 19.3 Å². The van der Waals surface area contributed by atoms with E-state index >= 15 is 0 Å². The van der Waals surface area contributed by atoms with Crippen molar-refractivity contribution in [2.24, 2.45) is 11.1 Å². The second-order valence-electron chi connectivity index (χ2n) is 3.76. The van der Waals surface area contributed by atoms with E-state index in [1.54, 1.807) is 6.07 Å². The van der Waals surface area contributed by atoms with Gasteiger partial charge in [-0.05, 0) is 24.3 Å². The van der Waals surface area contributed by atoms with Crippen LogP contribution in [0.3, 0.4) is 0 Å². The Balaban J connectivity index is 2.27. The van der Waals surface area contributed by atoms with Gasteiger partial charge in [-0.2, -0.15) is 0 Å². The second-order valence-corrected chi connectivity index (χ2v) is 5.09. The van der Waals surface area contributed by atoms with Gasteiger partial charge in [0.1, 0.15) is 0 Å². The molecule has 0 atom stereocenters. The summed E-state index contributed by atoms with van der Waals surface area (Å²) in [6.07, 6.45) is 2.93. The van der Waals surface area contributed by atoms with Crippen LogP contribution in [0.2, 0.25) is 5.02 Å². The highest BCUT2D eigenvalue weighted by Gasteiger charge is 2.44. The third kappa shape index (κ3) is 1.40. The van der Waals surface area contributed by atoms with Crippen molar-refractivity contribution in [3.8, 4) is 0 Å². The number of rotatable bonds is 3. The lowest BCUT2D eigenvalue weighted by molar-refractivity contribution is 0.0641. The van der Waals surface area contributed by atoms with Gasteiger partial charge in [-0.25, -0.2) is 0 Å². The lowest BCUT2D eigenvalue weighted by atomic mass is 9.65. The number of Topliss-reactive ketones (excluding diaryl/α,β-unsaturated/α-hetero) is 1. The molecule has 0 spiro atoms. The third-order valence-corrected chi connectivity index (χ3v) is 4.35. The number of halogens is 1. The van der Waals surface area contributed by atoms with Gasteiger partial charge in [-0.1, -0.05) is 18.0 Å². The van der Waals surface area contributed by atoms with Gasteiger partial charge in [0.2, 0.25) is 0 Å². The smallest absolute Gasteiger partial charge is 0.181 e. The third-order valence-electron chi connectivity index (χ3n) is 3.01. The topological polar surface area (TPSA) is 43.1 Å². The van der Waals surface area contributed by atoms with Gasteiger partial charge in [-0.15, -0.1) is 11.3 Å². The minimum Gasteiger partial charge on any atom is -0.329 e. The molecule has 0 radical (unpaired) electrons. The van der Waals surface area contributed by atoms with Crippen LogP contribution in [-0.4, -0.2) is 12.3 Å². The highest BCUT2D eigenvalue weighted by molar-refractivity contribution is 7.12. The van der Waals surface area contributed by atoms with E-state index in [2.05, 4.69) is 0 Å². The summed E-state index contributed by atoms with van der Waals surface area (Å²) >= 11 is 7.34. The zero-order valence-corrected chi connectivity index (χ0v) is 9.33. The molecule has 0 unspecified atom stereocenters. The van der Waals surface area contributed by atoms with E-state index in [0.29, 0.717) is 16.4 Å². The number of carbonyl (C=O) groups is 1. The van der Waals surface area contributed by atoms with E-state index in [9.17, 15) is 4.79 Å². The Labute approximate surface area is 92.1 Å². The van der Waals surface area contributed by atoms with Crippen molar-refractivity contribution in [2.45, 2.75) is 19.3 Å². The van der Waals surface area contributed by atoms with Crippen molar-refractivity contribution in [1.29, 1.82) is 0 Å². The van der Waals surface area contributed by atoms with Gasteiger partial charge in [-0.3, -0.25) is 4.79 Å². The summed E-state index contributed by atoms with van der Waals surface area (Å²) in [4.78, 5) is 12.8. The molecule has 0 aromatic carbocycles. The largest absolute Gasteiger partial charge is 0.329 e. The molecule has 1 aromatic rings. The molecular formula is C10H12ClNOS. The van der Waals surface area contributed by atoms with Crippen LogP contribution in [-0.2, 0) is 0 Å². The maximum absolute atomic E-state index is 12.1. The van der Waals surface area contributed by atoms with Crippen LogP contribution in [0.1, 0.15) is 28.9 Å². The van der Waals surface area contributed by atoms with Crippen LogP contribution in [0, 0.1) is 5.41 Å². The van der Waals surface area contributed by atoms with E-state index in [-0.39, 0.29) is 11.2 Å². The molecule has 1 aliphatic carbocycles. The number of ketones is 1. The Bertz CT molecular complexity index is 351. The Morgan fingerprint density at radius 1 is 1.64 bits per heavy atom. The first-order chi connectivity index (χ1) is 6.69. The maximum Gasteiger partial charge on any atom is 0.181 e. The molecule has 1 heterocycles. The van der Waals surface area contributed by atoms with E-state index < -0.39 is 0 Å². The monoisotopic (exact) mass is 229 g/mol. The minimum absolute atomic E-state index is 0.145. The first-order valence-electron chi connectivity index (χ1n) is 4.67. The molecule has 0 saturated heterocycles. The molecule has 0 amide bonds. The van der Waals surface area contributed by atoms with E-state index in [4.69, 9.17) is 17.3 Å². The summed E-state index contributed by atoms with van der Waals surface area (Å²) in [7, 11) is 0. The number of thiophene rings is 1. The number of hydrogen-bond donors (Lipinski definition) is 1. The number of hydrogen-bond acceptors (Lipinski definition) is 3. The van der Waals surface area contributed by atoms with Gasteiger partial charge < -0.3 is 5.73 Å². The molecule has 76 valence electrons. The van der Waals surface area contributed by atoms with Crippen LogP contribution in [0.15, 0.2) is 11.4 Å². The summed E-state index contributed by atoms with van der Waals surface area (Å²) in [6.45, 7) is 0.445. The van der Waals surface area contributed by atoms with Crippen molar-refractivity contribution in [2.75, 3.05) is 6.54 Å². The standard InChI is InChI=1S/C10H12ClNOS/c11-7-2-5-14-8(7)9(13)10(6-12)3-1-4-10/h2,5H,1,3-4,6,12H2. The zero-order valence-electron chi connectivity index (χ0n) is 7.75. The van der Waals surface area contributed by atoms with Crippen molar-refractivity contribution in [3.63, 3.8) is 0 Å². The van der Waals surface area contributed by atoms with Gasteiger partial charge in [0.25, 0.3) is 0 Å². The molecule has 0 aliphatic heterocycles. The molecule has 14 heavy (non-hydrogen) atoms. The lowest BCUT2D eigenvalue weighted by Gasteiger charge is -2.38. The fourth-order valence-corrected chi connectivity index (χ4v) is 3.03. The van der Waals surface area contributed by atoms with Crippen molar-refractivity contribution in [1.82, 2.24) is 0 Å². The highest BCUT2D eigenvalue weighted by atomic mass is 35.5. The molecule has 2 rings (SSSR count). The SMILES string of the molecule is NCC1(C(=O)c2sccc2Cl)CCC1.